The molecule has 1 atom stereocenters. The third-order valence-corrected chi connectivity index (χ3v) is 3.59. The molecule has 0 aliphatic heterocycles. The highest BCUT2D eigenvalue weighted by Gasteiger charge is 2.06. The number of rotatable bonds is 7. The molecule has 0 unspecified atom stereocenters. The molecular formula is C20H20N2O2. The molecule has 3 rings (SSSR count). The van der Waals surface area contributed by atoms with E-state index in [4.69, 9.17) is 4.74 Å². The molecule has 3 aromatic rings. The van der Waals surface area contributed by atoms with Gasteiger partial charge in [0, 0.05) is 12.7 Å². The van der Waals surface area contributed by atoms with Crippen molar-refractivity contribution in [3.05, 3.63) is 79.0 Å². The topological polar surface area (TPSA) is 54.4 Å². The number of benzene rings is 2. The maximum atomic E-state index is 9.99. The van der Waals surface area contributed by atoms with E-state index in [2.05, 4.69) is 22.4 Å². The number of hydrogen-bond donors (Lipinski definition) is 2. The van der Waals surface area contributed by atoms with E-state index in [-0.39, 0.29) is 6.61 Å². The number of ether oxygens (including phenoxy) is 1. The molecule has 0 fully saturated rings. The van der Waals surface area contributed by atoms with Gasteiger partial charge in [-0.05, 0) is 35.4 Å². The van der Waals surface area contributed by atoms with Gasteiger partial charge >= 0.3 is 0 Å². The Hall–Kier alpha value is -2.85. The molecule has 0 spiro atoms. The van der Waals surface area contributed by atoms with Crippen LogP contribution in [0.5, 0.6) is 5.75 Å². The fourth-order valence-electron chi connectivity index (χ4n) is 2.32. The molecule has 2 N–H and O–H groups in total. The van der Waals surface area contributed by atoms with Gasteiger partial charge in [0.25, 0.3) is 0 Å². The molecule has 1 aromatic heterocycles. The number of anilines is 1. The van der Waals surface area contributed by atoms with Crippen LogP contribution in [0.4, 0.5) is 5.82 Å². The number of nitrogens with one attached hydrogen (secondary N) is 1. The Bertz CT molecular complexity index is 731. The summed E-state index contributed by atoms with van der Waals surface area (Å²) >= 11 is 0. The van der Waals surface area contributed by atoms with E-state index >= 15 is 0 Å². The second kappa shape index (κ2) is 8.13. The van der Waals surface area contributed by atoms with E-state index in [1.807, 2.05) is 60.7 Å². The molecule has 0 amide bonds. The molecule has 2 aromatic carbocycles. The third kappa shape index (κ3) is 4.57. The lowest BCUT2D eigenvalue weighted by molar-refractivity contribution is 0.117. The summed E-state index contributed by atoms with van der Waals surface area (Å²) in [5.74, 6) is 1.48. The van der Waals surface area contributed by atoms with Crippen LogP contribution in [0.2, 0.25) is 0 Å². The number of hydrogen-bond acceptors (Lipinski definition) is 4. The van der Waals surface area contributed by atoms with Crippen LogP contribution in [0, 0.1) is 0 Å². The highest BCUT2D eigenvalue weighted by atomic mass is 16.5. The molecule has 0 aliphatic carbocycles. The summed E-state index contributed by atoms with van der Waals surface area (Å²) in [4.78, 5) is 4.14. The zero-order valence-corrected chi connectivity index (χ0v) is 13.3. The smallest absolute Gasteiger partial charge is 0.125 e. The Morgan fingerprint density at radius 3 is 2.29 bits per heavy atom. The van der Waals surface area contributed by atoms with Crippen LogP contribution in [-0.4, -0.2) is 29.3 Å². The van der Waals surface area contributed by atoms with Crippen molar-refractivity contribution >= 4 is 5.82 Å². The van der Waals surface area contributed by atoms with Gasteiger partial charge in [-0.25, -0.2) is 4.98 Å². The van der Waals surface area contributed by atoms with Gasteiger partial charge in [-0.2, -0.15) is 0 Å². The summed E-state index contributed by atoms with van der Waals surface area (Å²) < 4.78 is 5.64. The van der Waals surface area contributed by atoms with Crippen LogP contribution in [0.25, 0.3) is 11.1 Å². The zero-order chi connectivity index (χ0) is 16.6. The molecule has 24 heavy (non-hydrogen) atoms. The average molecular weight is 320 g/mol. The average Bonchev–Trinajstić information content (AvgIpc) is 2.67. The lowest BCUT2D eigenvalue weighted by Gasteiger charge is -2.14. The van der Waals surface area contributed by atoms with Crippen LogP contribution >= 0.6 is 0 Å². The summed E-state index contributed by atoms with van der Waals surface area (Å²) in [5.41, 5.74) is 2.31. The molecular weight excluding hydrogens is 300 g/mol. The summed E-state index contributed by atoms with van der Waals surface area (Å²) in [5, 5.41) is 13.1. The monoisotopic (exact) mass is 320 g/mol. The molecule has 0 saturated carbocycles. The number of aromatic nitrogens is 1. The second-order valence-corrected chi connectivity index (χ2v) is 5.45. The van der Waals surface area contributed by atoms with Crippen molar-refractivity contribution < 1.29 is 9.84 Å². The van der Waals surface area contributed by atoms with Crippen molar-refractivity contribution in [2.45, 2.75) is 6.10 Å². The first-order chi connectivity index (χ1) is 11.8. The number of aliphatic hydroxyl groups is 1. The Morgan fingerprint density at radius 2 is 1.58 bits per heavy atom. The molecule has 4 nitrogen and oxygen atoms in total. The van der Waals surface area contributed by atoms with Gasteiger partial charge in [0.1, 0.15) is 24.3 Å². The lowest BCUT2D eigenvalue weighted by atomic mass is 10.1. The molecule has 0 aliphatic rings. The Morgan fingerprint density at radius 1 is 0.875 bits per heavy atom. The van der Waals surface area contributed by atoms with Gasteiger partial charge in [-0.3, -0.25) is 0 Å². The minimum Gasteiger partial charge on any atom is -0.491 e. The Balaban J connectivity index is 1.48. The van der Waals surface area contributed by atoms with Crippen LogP contribution in [0.3, 0.4) is 0 Å². The van der Waals surface area contributed by atoms with Crippen molar-refractivity contribution in [1.82, 2.24) is 4.98 Å². The SMILES string of the molecule is O[C@@H](CNc1ccccn1)COc1ccc(-c2ccccc2)cc1. The van der Waals surface area contributed by atoms with Gasteiger partial charge in [0.05, 0.1) is 0 Å². The highest BCUT2D eigenvalue weighted by molar-refractivity contribution is 5.63. The van der Waals surface area contributed by atoms with Crippen molar-refractivity contribution in [2.75, 3.05) is 18.5 Å². The van der Waals surface area contributed by atoms with Crippen LogP contribution < -0.4 is 10.1 Å². The molecule has 4 heteroatoms. The minimum atomic E-state index is -0.610. The van der Waals surface area contributed by atoms with Crippen molar-refractivity contribution in [3.63, 3.8) is 0 Å². The predicted octanol–water partition coefficient (Wildman–Crippen LogP) is 3.60. The van der Waals surface area contributed by atoms with Crippen LogP contribution in [0.1, 0.15) is 0 Å². The first kappa shape index (κ1) is 16.0. The Labute approximate surface area is 141 Å². The fraction of sp³-hybridized carbons (Fsp3) is 0.150. The summed E-state index contributed by atoms with van der Waals surface area (Å²) in [7, 11) is 0. The van der Waals surface area contributed by atoms with Gasteiger partial charge in [0.2, 0.25) is 0 Å². The van der Waals surface area contributed by atoms with E-state index in [1.165, 1.54) is 5.56 Å². The highest BCUT2D eigenvalue weighted by Crippen LogP contribution is 2.22. The predicted molar refractivity (Wildman–Crippen MR) is 96.1 cm³/mol. The lowest BCUT2D eigenvalue weighted by Crippen LogP contribution is -2.26. The van der Waals surface area contributed by atoms with Gasteiger partial charge in [0.15, 0.2) is 0 Å². The summed E-state index contributed by atoms with van der Waals surface area (Å²) in [6.45, 7) is 0.615. The van der Waals surface area contributed by atoms with Gasteiger partial charge in [-0.15, -0.1) is 0 Å². The normalized spacial score (nSPS) is 11.7. The largest absolute Gasteiger partial charge is 0.491 e. The van der Waals surface area contributed by atoms with Crippen molar-refractivity contribution in [3.8, 4) is 16.9 Å². The van der Waals surface area contributed by atoms with E-state index in [0.717, 1.165) is 17.1 Å². The zero-order valence-electron chi connectivity index (χ0n) is 13.3. The molecule has 0 radical (unpaired) electrons. The number of pyridine rings is 1. The number of aliphatic hydroxyl groups excluding tert-OH is 1. The summed E-state index contributed by atoms with van der Waals surface area (Å²) in [6, 6.07) is 23.7. The number of nitrogens with zero attached hydrogens (tertiary/aromatic N) is 1. The molecule has 0 saturated heterocycles. The third-order valence-electron chi connectivity index (χ3n) is 3.59. The second-order valence-electron chi connectivity index (χ2n) is 5.45. The maximum Gasteiger partial charge on any atom is 0.125 e. The first-order valence-corrected chi connectivity index (χ1v) is 7.92. The van der Waals surface area contributed by atoms with Gasteiger partial charge in [-0.1, -0.05) is 48.5 Å². The first-order valence-electron chi connectivity index (χ1n) is 7.92. The molecule has 1 heterocycles. The van der Waals surface area contributed by atoms with E-state index in [9.17, 15) is 5.11 Å². The standard InChI is InChI=1S/C20H20N2O2/c23-18(14-22-20-8-4-5-13-21-20)15-24-19-11-9-17(10-12-19)16-6-2-1-3-7-16/h1-13,18,23H,14-15H2,(H,21,22)/t18-/m0/s1. The van der Waals surface area contributed by atoms with Crippen LogP contribution in [-0.2, 0) is 0 Å². The van der Waals surface area contributed by atoms with Crippen molar-refractivity contribution in [2.24, 2.45) is 0 Å². The summed E-state index contributed by atoms with van der Waals surface area (Å²) in [6.07, 6.45) is 1.10. The van der Waals surface area contributed by atoms with E-state index in [0.29, 0.717) is 6.54 Å². The van der Waals surface area contributed by atoms with Crippen molar-refractivity contribution in [1.29, 1.82) is 0 Å². The minimum absolute atomic E-state index is 0.227. The van der Waals surface area contributed by atoms with Crippen LogP contribution in [0.15, 0.2) is 79.0 Å². The maximum absolute atomic E-state index is 9.99. The quantitative estimate of drug-likeness (QED) is 0.698. The van der Waals surface area contributed by atoms with E-state index in [1.54, 1.807) is 6.20 Å². The fourth-order valence-corrected chi connectivity index (χ4v) is 2.32. The van der Waals surface area contributed by atoms with Gasteiger partial charge < -0.3 is 15.2 Å². The Kier molecular flexibility index (Phi) is 5.43. The molecule has 122 valence electrons. The molecule has 0 bridgehead atoms. The van der Waals surface area contributed by atoms with E-state index < -0.39 is 6.10 Å².